The lowest BCUT2D eigenvalue weighted by Gasteiger charge is -2.37. The first-order chi connectivity index (χ1) is 16.6. The third-order valence-corrected chi connectivity index (χ3v) is 8.10. The zero-order chi connectivity index (χ0) is 25.2. The smallest absolute Gasteiger partial charge is 0.252 e. The third kappa shape index (κ3) is 6.19. The van der Waals surface area contributed by atoms with Crippen LogP contribution in [0.5, 0.6) is 0 Å². The molecule has 2 amide bonds. The van der Waals surface area contributed by atoms with E-state index < -0.39 is 11.5 Å². The number of hydrogen-bond donors (Lipinski definition) is 1. The summed E-state index contributed by atoms with van der Waals surface area (Å²) in [5, 5.41) is 3.68. The van der Waals surface area contributed by atoms with Gasteiger partial charge in [0.25, 0.3) is 5.91 Å². The molecule has 5 nitrogen and oxygen atoms in total. The molecule has 0 radical (unpaired) electrons. The minimum atomic E-state index is -0.632. The van der Waals surface area contributed by atoms with Gasteiger partial charge in [-0.3, -0.25) is 14.5 Å². The van der Waals surface area contributed by atoms with Crippen LogP contribution in [0, 0.1) is 5.41 Å². The van der Waals surface area contributed by atoms with Gasteiger partial charge in [0.05, 0.1) is 10.0 Å². The van der Waals surface area contributed by atoms with Crippen LogP contribution in [-0.4, -0.2) is 59.9 Å². The number of halogens is 2. The van der Waals surface area contributed by atoms with Crippen LogP contribution in [-0.2, 0) is 4.79 Å². The predicted molar refractivity (Wildman–Crippen MR) is 142 cm³/mol. The van der Waals surface area contributed by atoms with Gasteiger partial charge in [0.2, 0.25) is 5.91 Å². The van der Waals surface area contributed by atoms with Crippen LogP contribution in [0.2, 0.25) is 10.0 Å². The average Bonchev–Trinajstić information content (AvgIpc) is 3.34. The first-order valence-electron chi connectivity index (χ1n) is 12.5. The molecule has 0 aliphatic carbocycles. The summed E-state index contributed by atoms with van der Waals surface area (Å²) in [4.78, 5) is 31.0. The minimum Gasteiger partial charge on any atom is -0.340 e. The maximum Gasteiger partial charge on any atom is 0.252 e. The number of hydrogen-bond acceptors (Lipinski definition) is 3. The number of amides is 2. The van der Waals surface area contributed by atoms with Crippen molar-refractivity contribution in [2.75, 3.05) is 26.2 Å². The zero-order valence-electron chi connectivity index (χ0n) is 20.8. The number of benzene rings is 2. The second-order valence-electron chi connectivity index (χ2n) is 10.8. The fraction of sp³-hybridized carbons (Fsp3) is 0.500. The Labute approximate surface area is 218 Å². The van der Waals surface area contributed by atoms with Crippen molar-refractivity contribution in [1.82, 2.24) is 15.1 Å². The first-order valence-corrected chi connectivity index (χ1v) is 13.2. The van der Waals surface area contributed by atoms with E-state index in [0.29, 0.717) is 34.1 Å². The van der Waals surface area contributed by atoms with Gasteiger partial charge in [-0.2, -0.15) is 0 Å². The molecule has 7 heteroatoms. The van der Waals surface area contributed by atoms with Crippen LogP contribution in [0.1, 0.15) is 61.9 Å². The molecule has 2 aromatic carbocycles. The number of nitrogens with one attached hydrogen (secondary N) is 1. The van der Waals surface area contributed by atoms with Crippen LogP contribution in [0.25, 0.3) is 0 Å². The Morgan fingerprint density at radius 1 is 0.943 bits per heavy atom. The fourth-order valence-corrected chi connectivity index (χ4v) is 5.54. The van der Waals surface area contributed by atoms with E-state index in [1.54, 1.807) is 12.1 Å². The molecule has 0 spiro atoms. The summed E-state index contributed by atoms with van der Waals surface area (Å²) in [5.74, 6) is 0.275. The highest BCUT2D eigenvalue weighted by Gasteiger charge is 2.40. The van der Waals surface area contributed by atoms with E-state index >= 15 is 0 Å². The molecule has 2 atom stereocenters. The summed E-state index contributed by atoms with van der Waals surface area (Å²) in [6.45, 7) is 9.49. The second kappa shape index (κ2) is 10.9. The minimum absolute atomic E-state index is 0.0208. The standard InChI is InChI=1S/C28H35Cl2N3O2/c1-28(2,3)25(31-26(34)21-9-10-23(29)24(30)17-21)27(35)33-16-13-22(18-33)32-14-11-20(12-15-32)19-7-5-4-6-8-19/h4-10,17,20,22,25H,11-16,18H2,1-3H3,(H,31,34). The molecule has 35 heavy (non-hydrogen) atoms. The van der Waals surface area contributed by atoms with Crippen molar-refractivity contribution in [2.45, 2.75) is 58.0 Å². The highest BCUT2D eigenvalue weighted by Crippen LogP contribution is 2.31. The topological polar surface area (TPSA) is 52.7 Å². The normalized spacial score (nSPS) is 20.6. The molecule has 1 N–H and O–H groups in total. The van der Waals surface area contributed by atoms with Gasteiger partial charge in [-0.05, 0) is 67.4 Å². The molecule has 2 aliphatic heterocycles. The molecular formula is C28H35Cl2N3O2. The van der Waals surface area contributed by atoms with Gasteiger partial charge in [0, 0.05) is 24.7 Å². The van der Waals surface area contributed by atoms with Crippen LogP contribution in [0.4, 0.5) is 0 Å². The highest BCUT2D eigenvalue weighted by atomic mass is 35.5. The number of likely N-dealkylation sites (tertiary alicyclic amines) is 2. The lowest BCUT2D eigenvalue weighted by molar-refractivity contribution is -0.135. The molecule has 188 valence electrons. The van der Waals surface area contributed by atoms with Crippen molar-refractivity contribution in [1.29, 1.82) is 0 Å². The number of carbonyl (C=O) groups excluding carboxylic acids is 2. The Kier molecular flexibility index (Phi) is 8.09. The monoisotopic (exact) mass is 515 g/mol. The summed E-state index contributed by atoms with van der Waals surface area (Å²) < 4.78 is 0. The largest absolute Gasteiger partial charge is 0.340 e. The molecule has 0 bridgehead atoms. The maximum atomic E-state index is 13.6. The van der Waals surface area contributed by atoms with E-state index in [1.165, 1.54) is 11.6 Å². The molecular weight excluding hydrogens is 481 g/mol. The molecule has 2 saturated heterocycles. The van der Waals surface area contributed by atoms with E-state index in [-0.39, 0.29) is 11.8 Å². The number of nitrogens with zero attached hydrogens (tertiary/aromatic N) is 2. The molecule has 2 heterocycles. The maximum absolute atomic E-state index is 13.6. The van der Waals surface area contributed by atoms with Gasteiger partial charge < -0.3 is 10.2 Å². The molecule has 2 fully saturated rings. The van der Waals surface area contributed by atoms with Gasteiger partial charge in [-0.1, -0.05) is 74.3 Å². The molecule has 2 aromatic rings. The Hall–Kier alpha value is -2.08. The Bertz CT molecular complexity index is 1050. The number of rotatable bonds is 5. The molecule has 2 unspecified atom stereocenters. The zero-order valence-corrected chi connectivity index (χ0v) is 22.3. The van der Waals surface area contributed by atoms with Gasteiger partial charge in [0.15, 0.2) is 0 Å². The Morgan fingerprint density at radius 2 is 1.63 bits per heavy atom. The van der Waals surface area contributed by atoms with E-state index in [4.69, 9.17) is 23.2 Å². The van der Waals surface area contributed by atoms with Crippen molar-refractivity contribution in [3.63, 3.8) is 0 Å². The van der Waals surface area contributed by atoms with Crippen LogP contribution in [0.3, 0.4) is 0 Å². The third-order valence-electron chi connectivity index (χ3n) is 7.36. The molecule has 2 aliphatic rings. The highest BCUT2D eigenvalue weighted by molar-refractivity contribution is 6.42. The van der Waals surface area contributed by atoms with E-state index in [1.807, 2.05) is 25.7 Å². The Morgan fingerprint density at radius 3 is 2.26 bits per heavy atom. The van der Waals surface area contributed by atoms with Crippen molar-refractivity contribution in [2.24, 2.45) is 5.41 Å². The fourth-order valence-electron chi connectivity index (χ4n) is 5.25. The number of carbonyl (C=O) groups is 2. The molecule has 4 rings (SSSR count). The van der Waals surface area contributed by atoms with Crippen molar-refractivity contribution < 1.29 is 9.59 Å². The molecule has 0 saturated carbocycles. The van der Waals surface area contributed by atoms with E-state index in [0.717, 1.165) is 38.9 Å². The van der Waals surface area contributed by atoms with Gasteiger partial charge >= 0.3 is 0 Å². The quantitative estimate of drug-likeness (QED) is 0.562. The summed E-state index contributed by atoms with van der Waals surface area (Å²) in [5.41, 5.74) is 1.39. The van der Waals surface area contributed by atoms with Crippen molar-refractivity contribution in [3.8, 4) is 0 Å². The van der Waals surface area contributed by atoms with Gasteiger partial charge in [0.1, 0.15) is 6.04 Å². The van der Waals surface area contributed by atoms with Crippen molar-refractivity contribution >= 4 is 35.0 Å². The first kappa shape index (κ1) is 26.0. The predicted octanol–water partition coefficient (Wildman–Crippen LogP) is 5.62. The second-order valence-corrected chi connectivity index (χ2v) is 11.7. The summed E-state index contributed by atoms with van der Waals surface area (Å²) in [7, 11) is 0. The van der Waals surface area contributed by atoms with Crippen molar-refractivity contribution in [3.05, 3.63) is 69.7 Å². The summed E-state index contributed by atoms with van der Waals surface area (Å²) >= 11 is 12.1. The van der Waals surface area contributed by atoms with Gasteiger partial charge in [-0.15, -0.1) is 0 Å². The lowest BCUT2D eigenvalue weighted by atomic mass is 9.85. The Balaban J connectivity index is 1.36. The molecule has 0 aromatic heterocycles. The van der Waals surface area contributed by atoms with Crippen LogP contribution in [0.15, 0.2) is 48.5 Å². The van der Waals surface area contributed by atoms with Gasteiger partial charge in [-0.25, -0.2) is 0 Å². The number of piperidine rings is 1. The summed E-state index contributed by atoms with van der Waals surface area (Å²) in [6, 6.07) is 15.3. The SMILES string of the molecule is CC(C)(C)C(NC(=O)c1ccc(Cl)c(Cl)c1)C(=O)N1CCC(N2CCC(c3ccccc3)CC2)C1. The lowest BCUT2D eigenvalue weighted by Crippen LogP contribution is -2.54. The average molecular weight is 517 g/mol. The van der Waals surface area contributed by atoms with Crippen LogP contribution < -0.4 is 5.32 Å². The van der Waals surface area contributed by atoms with E-state index in [9.17, 15) is 9.59 Å². The summed E-state index contributed by atoms with van der Waals surface area (Å²) in [6.07, 6.45) is 3.27. The van der Waals surface area contributed by atoms with E-state index in [2.05, 4.69) is 40.5 Å². The van der Waals surface area contributed by atoms with Crippen LogP contribution >= 0.6 is 23.2 Å².